The van der Waals surface area contributed by atoms with Gasteiger partial charge in [-0.15, -0.1) is 0 Å². The summed E-state index contributed by atoms with van der Waals surface area (Å²) in [7, 11) is -8.52. The Kier molecular flexibility index (Phi) is 19.5. The lowest BCUT2D eigenvalue weighted by Gasteiger charge is -2.32. The van der Waals surface area contributed by atoms with Crippen molar-refractivity contribution in [1.29, 1.82) is 0 Å². The fourth-order valence-corrected chi connectivity index (χ4v) is 6.69. The summed E-state index contributed by atoms with van der Waals surface area (Å²) in [5, 5.41) is 5.24. The molecule has 6 N–H and O–H groups in total. The van der Waals surface area contributed by atoms with Crippen LogP contribution in [0.15, 0.2) is 0 Å². The summed E-state index contributed by atoms with van der Waals surface area (Å²) in [5.74, 6) is -5.90. The Labute approximate surface area is 292 Å². The topological polar surface area (TPSA) is 250 Å². The number of rotatable bonds is 24. The fraction of sp³-hybridized carbons (Fsp3) is 0.871. The first-order valence-corrected chi connectivity index (χ1v) is 19.6. The molecule has 0 rings (SSSR count). The molecule has 0 aromatic heterocycles. The van der Waals surface area contributed by atoms with Crippen LogP contribution in [-0.2, 0) is 57.3 Å². The molecule has 0 aromatic rings. The zero-order valence-electron chi connectivity index (χ0n) is 30.7. The molecule has 0 bridgehead atoms. The van der Waals surface area contributed by atoms with E-state index in [1.807, 2.05) is 0 Å². The molecule has 0 spiro atoms. The summed E-state index contributed by atoms with van der Waals surface area (Å²) in [5.41, 5.74) is 9.49. The van der Waals surface area contributed by atoms with Crippen LogP contribution in [0.1, 0.15) is 75.7 Å². The van der Waals surface area contributed by atoms with E-state index in [1.165, 1.54) is 0 Å². The van der Waals surface area contributed by atoms with E-state index in [-0.39, 0.29) is 44.6 Å². The van der Waals surface area contributed by atoms with Gasteiger partial charge in [-0.3, -0.25) is 27.5 Å². The van der Waals surface area contributed by atoms with Gasteiger partial charge in [0, 0.05) is 23.9 Å². The van der Waals surface area contributed by atoms with Crippen LogP contribution < -0.4 is 22.1 Å². The number of amides is 2. The Balaban J connectivity index is 5.38. The SMILES string of the molecule is CCOC(=O)[C@H](CNC(=O)[C@@H](N)C(C)C)C(C)(C)COS(=O)(=O)CCCS(=O)(=O)OCC(C)(C)[C@@H](CNC(=O)[C@@H](N)C(C)C)C(=O)OCC. The van der Waals surface area contributed by atoms with Gasteiger partial charge in [0.15, 0.2) is 0 Å². The zero-order chi connectivity index (χ0) is 38.4. The predicted octanol–water partition coefficient (Wildman–Crippen LogP) is 0.679. The normalized spacial score (nSPS) is 15.3. The van der Waals surface area contributed by atoms with Crippen molar-refractivity contribution < 1.29 is 53.9 Å². The number of ether oxygens (including phenoxy) is 2. The average molecular weight is 745 g/mol. The molecule has 18 heteroatoms. The van der Waals surface area contributed by atoms with Gasteiger partial charge in [-0.05, 0) is 32.1 Å². The quantitative estimate of drug-likeness (QED) is 0.0784. The monoisotopic (exact) mass is 744 g/mol. The Hall–Kier alpha value is -2.38. The summed E-state index contributed by atoms with van der Waals surface area (Å²) >= 11 is 0. The van der Waals surface area contributed by atoms with Crippen molar-refractivity contribution in [1.82, 2.24) is 10.6 Å². The number of carbonyl (C=O) groups is 4. The first-order chi connectivity index (χ1) is 22.3. The fourth-order valence-electron chi connectivity index (χ4n) is 4.30. The Bertz CT molecular complexity index is 1200. The van der Waals surface area contributed by atoms with Crippen molar-refractivity contribution in [3.63, 3.8) is 0 Å². The summed E-state index contributed by atoms with van der Waals surface area (Å²) in [4.78, 5) is 50.2. The van der Waals surface area contributed by atoms with Crippen molar-refractivity contribution in [3.8, 4) is 0 Å². The van der Waals surface area contributed by atoms with E-state index in [2.05, 4.69) is 10.6 Å². The molecule has 16 nitrogen and oxygen atoms in total. The van der Waals surface area contributed by atoms with E-state index < -0.39 is 103 Å². The van der Waals surface area contributed by atoms with Crippen molar-refractivity contribution in [3.05, 3.63) is 0 Å². The second kappa shape index (κ2) is 20.5. The third kappa shape index (κ3) is 16.9. The molecule has 0 fully saturated rings. The van der Waals surface area contributed by atoms with Crippen LogP contribution in [0, 0.1) is 34.5 Å². The maximum Gasteiger partial charge on any atom is 0.311 e. The first-order valence-electron chi connectivity index (χ1n) is 16.5. The van der Waals surface area contributed by atoms with E-state index in [0.29, 0.717) is 0 Å². The summed E-state index contributed by atoms with van der Waals surface area (Å²) in [6.45, 7) is 15.4. The number of nitrogens with two attached hydrogens (primary N) is 2. The van der Waals surface area contributed by atoms with Crippen molar-refractivity contribution in [2.24, 2.45) is 46.0 Å². The van der Waals surface area contributed by atoms with Gasteiger partial charge in [-0.2, -0.15) is 16.8 Å². The summed E-state index contributed by atoms with van der Waals surface area (Å²) in [6.07, 6.45) is -0.375. The molecule has 2 amide bonds. The van der Waals surface area contributed by atoms with E-state index >= 15 is 0 Å². The van der Waals surface area contributed by atoms with E-state index in [4.69, 9.17) is 29.3 Å². The van der Waals surface area contributed by atoms with Gasteiger partial charge >= 0.3 is 11.9 Å². The molecular formula is C31H60N4O12S2. The smallest absolute Gasteiger partial charge is 0.311 e. The molecule has 0 heterocycles. The highest BCUT2D eigenvalue weighted by Crippen LogP contribution is 2.30. The van der Waals surface area contributed by atoms with E-state index in [0.717, 1.165) is 0 Å². The molecule has 0 aliphatic heterocycles. The average Bonchev–Trinajstić information content (AvgIpc) is 2.98. The van der Waals surface area contributed by atoms with Gasteiger partial charge in [-0.1, -0.05) is 55.4 Å². The minimum atomic E-state index is -4.26. The summed E-state index contributed by atoms with van der Waals surface area (Å²) in [6, 6.07) is -1.62. The second-order valence-corrected chi connectivity index (χ2v) is 17.5. The molecule has 0 saturated carbocycles. The lowest BCUT2D eigenvalue weighted by molar-refractivity contribution is -0.154. The predicted molar refractivity (Wildman–Crippen MR) is 184 cm³/mol. The van der Waals surface area contributed by atoms with Crippen LogP contribution in [0.3, 0.4) is 0 Å². The first kappa shape index (κ1) is 46.6. The molecule has 0 saturated heterocycles. The van der Waals surface area contributed by atoms with Crippen LogP contribution in [0.25, 0.3) is 0 Å². The van der Waals surface area contributed by atoms with Crippen molar-refractivity contribution >= 4 is 44.0 Å². The summed E-state index contributed by atoms with van der Waals surface area (Å²) < 4.78 is 71.5. The van der Waals surface area contributed by atoms with E-state index in [1.54, 1.807) is 69.2 Å². The minimum Gasteiger partial charge on any atom is -0.466 e. The van der Waals surface area contributed by atoms with Crippen molar-refractivity contribution in [2.75, 3.05) is 51.0 Å². The third-order valence-corrected chi connectivity index (χ3v) is 10.6. The van der Waals surface area contributed by atoms with Gasteiger partial charge in [0.2, 0.25) is 11.8 Å². The minimum absolute atomic E-state index is 0.0603. The number of esters is 2. The lowest BCUT2D eigenvalue weighted by Crippen LogP contribution is -2.49. The van der Waals surface area contributed by atoms with Crippen molar-refractivity contribution in [2.45, 2.75) is 87.7 Å². The Morgan fingerprint density at radius 2 is 0.939 bits per heavy atom. The van der Waals surface area contributed by atoms with Gasteiger partial charge in [-0.25, -0.2) is 0 Å². The zero-order valence-corrected chi connectivity index (χ0v) is 32.3. The number of nitrogens with one attached hydrogen (secondary N) is 2. The molecule has 4 atom stereocenters. The maximum atomic E-state index is 12.7. The van der Waals surface area contributed by atoms with Gasteiger partial charge in [0.05, 0.1) is 61.9 Å². The van der Waals surface area contributed by atoms with Crippen LogP contribution >= 0.6 is 0 Å². The highest BCUT2D eigenvalue weighted by molar-refractivity contribution is 7.87. The van der Waals surface area contributed by atoms with E-state index in [9.17, 15) is 36.0 Å². The highest BCUT2D eigenvalue weighted by Gasteiger charge is 2.40. The Morgan fingerprint density at radius 3 is 1.20 bits per heavy atom. The van der Waals surface area contributed by atoms with Crippen LogP contribution in [0.5, 0.6) is 0 Å². The molecular weight excluding hydrogens is 684 g/mol. The Morgan fingerprint density at radius 1 is 0.633 bits per heavy atom. The number of hydrogen-bond acceptors (Lipinski definition) is 14. The van der Waals surface area contributed by atoms with Gasteiger partial charge < -0.3 is 31.6 Å². The van der Waals surface area contributed by atoms with Gasteiger partial charge in [0.25, 0.3) is 20.2 Å². The molecule has 288 valence electrons. The highest BCUT2D eigenvalue weighted by atomic mass is 32.2. The largest absolute Gasteiger partial charge is 0.466 e. The molecule has 0 unspecified atom stereocenters. The molecule has 0 aliphatic carbocycles. The standard InChI is InChI=1S/C31H60N4O12S2/c1-11-44-28(38)22(16-34-26(36)24(32)20(3)4)30(7,8)18-46-48(40,41)14-13-15-49(42,43)47-19-31(9,10)23(29(39)45-12-2)17-35-27(37)25(33)21(5)6/h20-25H,11-19,32-33H2,1-10H3,(H,34,36)(H,35,37)/t22-,23-,24-,25-/m0/s1. The van der Waals surface area contributed by atoms with Crippen LogP contribution in [0.2, 0.25) is 0 Å². The molecule has 49 heavy (non-hydrogen) atoms. The number of hydrogen-bond donors (Lipinski definition) is 4. The third-order valence-electron chi connectivity index (χ3n) is 8.04. The maximum absolute atomic E-state index is 12.7. The molecule has 0 aliphatic rings. The lowest BCUT2D eigenvalue weighted by atomic mass is 9.79. The van der Waals surface area contributed by atoms with Crippen LogP contribution in [-0.4, -0.2) is 104 Å². The molecule has 0 radical (unpaired) electrons. The second-order valence-electron chi connectivity index (χ2n) is 14.0. The molecule has 0 aromatic carbocycles. The van der Waals surface area contributed by atoms with Crippen LogP contribution in [0.4, 0.5) is 0 Å². The number of carbonyl (C=O) groups excluding carboxylic acids is 4. The van der Waals surface area contributed by atoms with Gasteiger partial charge in [0.1, 0.15) is 0 Å².